The van der Waals surface area contributed by atoms with Gasteiger partial charge in [-0.2, -0.15) is 6.26 Å². The van der Waals surface area contributed by atoms with Gasteiger partial charge in [-0.3, -0.25) is 28.1 Å². The average molecular weight is 1360 g/mol. The molecule has 0 bridgehead atoms. The second-order valence-corrected chi connectivity index (χ2v) is 25.3. The van der Waals surface area contributed by atoms with E-state index in [2.05, 4.69) is 66.8 Å². The van der Waals surface area contributed by atoms with Gasteiger partial charge < -0.3 is 42.2 Å². The van der Waals surface area contributed by atoms with Gasteiger partial charge in [-0.15, -0.1) is 23.5 Å². The van der Waals surface area contributed by atoms with Crippen molar-refractivity contribution in [2.24, 2.45) is 0 Å². The molecule has 0 amide bonds. The Bertz CT molecular complexity index is 4670. The van der Waals surface area contributed by atoms with Crippen LogP contribution in [0, 0.1) is 0 Å². The maximum Gasteiger partial charge on any atom is 1.00 e. The molecule has 12 aromatic rings. The van der Waals surface area contributed by atoms with Gasteiger partial charge in [0.05, 0.1) is 118 Å². The monoisotopic (exact) mass is 1360 g/mol. The van der Waals surface area contributed by atoms with E-state index in [0.29, 0.717) is 96.2 Å². The molecule has 6 aromatic carbocycles. The number of aliphatic hydroxyl groups excluding tert-OH is 3. The Kier molecular flexibility index (Phi) is 23.4. The molecular formula is C72H69ClN9NaO9S3. The molecule has 3 aliphatic rings. The van der Waals surface area contributed by atoms with E-state index in [1.54, 1.807) is 74.7 Å². The van der Waals surface area contributed by atoms with E-state index in [1.807, 2.05) is 122 Å². The number of fused-ring (bicyclic) bond motifs is 9. The summed E-state index contributed by atoms with van der Waals surface area (Å²) in [5.74, 6) is 0. The van der Waals surface area contributed by atoms with Crippen LogP contribution < -0.4 is 46.2 Å². The van der Waals surface area contributed by atoms with Crippen molar-refractivity contribution in [3.8, 4) is 0 Å². The van der Waals surface area contributed by atoms with Gasteiger partial charge in [0.2, 0.25) is 0 Å². The van der Waals surface area contributed by atoms with Gasteiger partial charge in [-0.25, -0.2) is 29.9 Å². The molecule has 95 heavy (non-hydrogen) atoms. The first kappa shape index (κ1) is 69.4. The van der Waals surface area contributed by atoms with E-state index in [9.17, 15) is 29.7 Å². The summed E-state index contributed by atoms with van der Waals surface area (Å²) in [4.78, 5) is 67.4. The summed E-state index contributed by atoms with van der Waals surface area (Å²) in [6, 6.07) is 40.8. The SMILES string of the molecule is CSc1ccc(Cc2cc3c(=O)n([C@H]4CCOC[C@@H]4O)cnc3c3ccccc23)cn1.CSc1ccc(Cc2cc3c(=O)n([C@H]4CCOC[C@@H]4O)cnc3c3ccccc23)cn1.C[S-].O=c1c2cc(Cc3ccc(Cl)nc3)c3ccccc3c2ncn1[C@H]1CCOC[C@@H]1O.[Na+]. The van der Waals surface area contributed by atoms with E-state index in [-0.39, 0.29) is 84.2 Å². The predicted molar refractivity (Wildman–Crippen MR) is 375 cm³/mol. The molecular weight excluding hydrogens is 1290 g/mol. The molecule has 15 rings (SSSR count). The van der Waals surface area contributed by atoms with Gasteiger partial charge in [0.15, 0.2) is 0 Å². The first-order valence-corrected chi connectivity index (χ1v) is 34.6. The fourth-order valence-corrected chi connectivity index (χ4v) is 13.7. The van der Waals surface area contributed by atoms with Gasteiger partial charge in [-0.1, -0.05) is 103 Å². The third kappa shape index (κ3) is 15.1. The van der Waals surface area contributed by atoms with E-state index in [0.717, 1.165) is 75.7 Å². The van der Waals surface area contributed by atoms with Crippen LogP contribution in [-0.2, 0) is 46.1 Å². The van der Waals surface area contributed by atoms with E-state index >= 15 is 0 Å². The van der Waals surface area contributed by atoms with Crippen molar-refractivity contribution in [2.75, 3.05) is 58.4 Å². The van der Waals surface area contributed by atoms with Crippen LogP contribution in [0.2, 0.25) is 5.15 Å². The number of rotatable bonds is 11. The Balaban J connectivity index is 0.000000142. The van der Waals surface area contributed by atoms with Crippen LogP contribution in [0.4, 0.5) is 0 Å². The molecule has 482 valence electrons. The summed E-state index contributed by atoms with van der Waals surface area (Å²) in [5.41, 5.74) is 7.99. The zero-order valence-electron chi connectivity index (χ0n) is 53.0. The summed E-state index contributed by atoms with van der Waals surface area (Å²) >= 11 is 13.2. The Hall–Kier alpha value is -6.93. The normalized spacial score (nSPS) is 18.7. The van der Waals surface area contributed by atoms with Gasteiger partial charge >= 0.3 is 29.6 Å². The smallest absolute Gasteiger partial charge is 0.796 e. The summed E-state index contributed by atoms with van der Waals surface area (Å²) in [6.45, 7) is 2.25. The maximum atomic E-state index is 13.5. The van der Waals surface area contributed by atoms with Crippen molar-refractivity contribution in [1.82, 2.24) is 43.6 Å². The third-order valence-corrected chi connectivity index (χ3v) is 19.1. The van der Waals surface area contributed by atoms with Crippen molar-refractivity contribution in [2.45, 2.75) is 85.0 Å². The van der Waals surface area contributed by atoms with E-state index < -0.39 is 18.3 Å². The number of pyridine rings is 3. The van der Waals surface area contributed by atoms with Crippen LogP contribution in [0.1, 0.15) is 70.8 Å². The Morgan fingerprint density at radius 3 is 1.02 bits per heavy atom. The number of halogens is 1. The molecule has 6 atom stereocenters. The molecule has 0 saturated carbocycles. The van der Waals surface area contributed by atoms with Crippen LogP contribution >= 0.6 is 35.1 Å². The Morgan fingerprint density at radius 2 is 0.747 bits per heavy atom. The first-order chi connectivity index (χ1) is 45.9. The minimum Gasteiger partial charge on any atom is -0.796 e. The minimum atomic E-state index is -0.726. The standard InChI is InChI=1S/2C24H23N3O3S.C23H20ClN3O3.CH4S.Na/c2*1-31-22-7-6-15(12-25-22)10-16-11-19-23(18-5-3-2-4-17(16)18)26-14-27(24(19)29)20-8-9-30-13-21(20)28;24-21-6-5-14(11-25-21)9-15-10-18-22(17-4-2-1-3-16(15)17)26-13-27(23(18)29)19-7-8-30-12-20(19)28;1-2;/h2*2-7,11-12,14,20-21,28H,8-10,13H2,1H3;1-6,10-11,13,19-20,28H,7-9,12H2;2H,1H3;/q;;;;+1/p-1/t2*20-,21-;19-,20-;;/m000../s1. The van der Waals surface area contributed by atoms with Crippen LogP contribution in [0.5, 0.6) is 0 Å². The second-order valence-electron chi connectivity index (χ2n) is 23.2. The Labute approximate surface area is 588 Å². The molecule has 9 heterocycles. The summed E-state index contributed by atoms with van der Waals surface area (Å²) < 4.78 is 20.7. The fraction of sp³-hybridized carbons (Fsp3) is 0.292. The van der Waals surface area contributed by atoms with E-state index in [1.165, 1.54) is 0 Å². The fourth-order valence-electron chi connectivity index (χ4n) is 12.8. The van der Waals surface area contributed by atoms with Crippen molar-refractivity contribution in [1.29, 1.82) is 0 Å². The average Bonchev–Trinajstić information content (AvgIpc) is 0.774. The van der Waals surface area contributed by atoms with Crippen molar-refractivity contribution < 1.29 is 59.1 Å². The van der Waals surface area contributed by atoms with Crippen molar-refractivity contribution in [3.63, 3.8) is 0 Å². The molecule has 0 radical (unpaired) electrons. The molecule has 18 nitrogen and oxygen atoms in total. The summed E-state index contributed by atoms with van der Waals surface area (Å²) in [7, 11) is 0. The number of benzene rings is 6. The van der Waals surface area contributed by atoms with Crippen LogP contribution in [0.15, 0.2) is 189 Å². The second kappa shape index (κ2) is 32.0. The topological polar surface area (TPSA) is 232 Å². The van der Waals surface area contributed by atoms with Crippen LogP contribution in [-0.4, -0.2) is 136 Å². The zero-order valence-corrected chi connectivity index (χ0v) is 58.2. The molecule has 0 spiro atoms. The maximum absolute atomic E-state index is 13.5. The van der Waals surface area contributed by atoms with E-state index in [4.69, 9.17) is 25.8 Å². The molecule has 3 saturated heterocycles. The summed E-state index contributed by atoms with van der Waals surface area (Å²) in [6.07, 6.45) is 17.4. The number of thioether (sulfide) groups is 2. The van der Waals surface area contributed by atoms with Gasteiger partial charge in [0, 0.05) is 54.6 Å². The molecule has 3 aliphatic heterocycles. The molecule has 6 aromatic heterocycles. The number of hydrogen-bond acceptors (Lipinski definition) is 18. The van der Waals surface area contributed by atoms with Crippen molar-refractivity contribution in [3.05, 3.63) is 235 Å². The van der Waals surface area contributed by atoms with Crippen LogP contribution in [0.25, 0.3) is 65.0 Å². The van der Waals surface area contributed by atoms with Crippen molar-refractivity contribution >= 4 is 113 Å². The van der Waals surface area contributed by atoms with Gasteiger partial charge in [0.1, 0.15) is 5.15 Å². The number of aliphatic hydroxyl groups is 3. The number of nitrogens with zero attached hydrogens (tertiary/aromatic N) is 9. The first-order valence-electron chi connectivity index (χ1n) is 30.9. The number of hydrogen-bond donors (Lipinski definition) is 3. The molecule has 23 heteroatoms. The predicted octanol–water partition coefficient (Wildman–Crippen LogP) is 7.84. The molecule has 0 unspecified atom stereocenters. The van der Waals surface area contributed by atoms with Crippen LogP contribution in [0.3, 0.4) is 0 Å². The molecule has 0 aliphatic carbocycles. The number of ether oxygens (including phenoxy) is 3. The quantitative estimate of drug-likeness (QED) is 0.0368. The minimum absolute atomic E-state index is 0. The number of aromatic nitrogens is 9. The van der Waals surface area contributed by atoms with Gasteiger partial charge in [-0.05, 0) is 137 Å². The third-order valence-electron chi connectivity index (χ3n) is 17.6. The molecule has 3 fully saturated rings. The largest absolute Gasteiger partial charge is 1.00 e. The van der Waals surface area contributed by atoms with Gasteiger partial charge in [0.25, 0.3) is 16.7 Å². The Morgan fingerprint density at radius 1 is 0.442 bits per heavy atom. The zero-order chi connectivity index (χ0) is 65.4. The molecule has 3 N–H and O–H groups in total. The summed E-state index contributed by atoms with van der Waals surface area (Å²) in [5, 5.41) is 41.2.